The van der Waals surface area contributed by atoms with Gasteiger partial charge in [-0.3, -0.25) is 9.20 Å². The molecule has 0 saturated carbocycles. The molecule has 44 heavy (non-hydrogen) atoms. The van der Waals surface area contributed by atoms with Crippen LogP contribution in [0.5, 0.6) is 5.88 Å². The summed E-state index contributed by atoms with van der Waals surface area (Å²) in [4.78, 5) is 16.4. The Labute approximate surface area is 260 Å². The third-order valence-electron chi connectivity index (χ3n) is 8.23. The van der Waals surface area contributed by atoms with Crippen LogP contribution in [0.2, 0.25) is 0 Å². The molecule has 0 spiro atoms. The van der Waals surface area contributed by atoms with Gasteiger partial charge in [-0.2, -0.15) is 4.31 Å². The fourth-order valence-electron chi connectivity index (χ4n) is 5.52. The number of hydrogen-bond acceptors (Lipinski definition) is 7. The van der Waals surface area contributed by atoms with Gasteiger partial charge in [0, 0.05) is 31.4 Å². The van der Waals surface area contributed by atoms with Gasteiger partial charge in [0.25, 0.3) is 0 Å². The molecule has 4 heterocycles. The Hall–Kier alpha value is -3.83. The molecule has 10 nitrogen and oxygen atoms in total. The highest BCUT2D eigenvalue weighted by Crippen LogP contribution is 2.37. The Morgan fingerprint density at radius 3 is 2.48 bits per heavy atom. The monoisotopic (exact) mass is 621 g/mol. The highest BCUT2D eigenvalue weighted by molar-refractivity contribution is 7.89. The number of fused-ring (bicyclic) bond motifs is 2. The number of aryl methyl sites for hydroxylation is 3. The minimum atomic E-state index is -3.84. The fourth-order valence-corrected chi connectivity index (χ4v) is 7.01. The number of hydrogen-bond donors (Lipinski definition) is 1. The van der Waals surface area contributed by atoms with Crippen LogP contribution in [0.15, 0.2) is 53.7 Å². The second-order valence-electron chi connectivity index (χ2n) is 11.3. The zero-order valence-electron chi connectivity index (χ0n) is 26.4. The average molecular weight is 622 g/mol. The number of benzene rings is 1. The van der Waals surface area contributed by atoms with E-state index in [0.29, 0.717) is 5.65 Å². The van der Waals surface area contributed by atoms with Gasteiger partial charge in [0.2, 0.25) is 15.9 Å². The van der Waals surface area contributed by atoms with Crippen molar-refractivity contribution in [3.05, 3.63) is 82.4 Å². The van der Waals surface area contributed by atoms with Crippen molar-refractivity contribution in [3.63, 3.8) is 0 Å². The number of carboxylic acid groups (broad SMARTS) is 1. The van der Waals surface area contributed by atoms with E-state index in [1.165, 1.54) is 42.3 Å². The molecular weight excluding hydrogens is 578 g/mol. The number of ether oxygens (including phenoxy) is 1. The van der Waals surface area contributed by atoms with Crippen LogP contribution in [-0.2, 0) is 21.4 Å². The van der Waals surface area contributed by atoms with Crippen molar-refractivity contribution in [2.45, 2.75) is 84.6 Å². The summed E-state index contributed by atoms with van der Waals surface area (Å²) in [5, 5.41) is 18.5. The number of sulfonamides is 1. The van der Waals surface area contributed by atoms with Crippen LogP contribution in [0, 0.1) is 26.7 Å². The lowest BCUT2D eigenvalue weighted by molar-refractivity contribution is -0.141. The minimum Gasteiger partial charge on any atom is -0.481 e. The number of carbonyl (C=O) groups is 1. The second-order valence-corrected chi connectivity index (χ2v) is 13.2. The lowest BCUT2D eigenvalue weighted by Gasteiger charge is -2.26. The first-order valence-corrected chi connectivity index (χ1v) is 16.7. The fraction of sp³-hybridized carbons (Fsp3) is 0.455. The molecule has 0 bridgehead atoms. The van der Waals surface area contributed by atoms with E-state index in [-0.39, 0.29) is 30.5 Å². The zero-order valence-corrected chi connectivity index (χ0v) is 27.3. The summed E-state index contributed by atoms with van der Waals surface area (Å²) in [6, 6.07) is 10.7. The molecule has 0 aliphatic carbocycles. The summed E-state index contributed by atoms with van der Waals surface area (Å²) >= 11 is 0. The van der Waals surface area contributed by atoms with Gasteiger partial charge < -0.3 is 9.84 Å². The molecule has 0 amide bonds. The third-order valence-corrected chi connectivity index (χ3v) is 10.1. The number of unbranched alkanes of at least 4 members (excludes halogenated alkanes) is 3. The number of nitrogens with zero attached hydrogens (tertiary/aromatic N) is 5. The standard InChI is InChI=1S/C27H29N5O5S.C6H14/c1-16-7-8-20(14-21(16)15-31-12-13-37-26-23(38(31,35)36)6-5-10-28-26)24(18(3)27(33)34)22-9-11-32-19(4)29-30-25(32)17(22)2;1-3-5-6-4-2/h5-11,14,18,24H,12-13,15H2,1-4H3,(H,33,34);3-6H2,1-2H3. The van der Waals surface area contributed by atoms with E-state index in [1.54, 1.807) is 13.0 Å². The van der Waals surface area contributed by atoms with Crippen molar-refractivity contribution in [1.82, 2.24) is 23.9 Å². The number of aliphatic carboxylic acids is 1. The molecule has 0 fully saturated rings. The Morgan fingerprint density at radius 1 is 1.07 bits per heavy atom. The summed E-state index contributed by atoms with van der Waals surface area (Å²) in [6.07, 6.45) is 8.90. The molecule has 1 N–H and O–H groups in total. The predicted octanol–water partition coefficient (Wildman–Crippen LogP) is 6.07. The van der Waals surface area contributed by atoms with E-state index in [2.05, 4.69) is 29.0 Å². The zero-order chi connectivity index (χ0) is 32.0. The largest absolute Gasteiger partial charge is 0.481 e. The van der Waals surface area contributed by atoms with Gasteiger partial charge in [-0.05, 0) is 66.8 Å². The Morgan fingerprint density at radius 2 is 1.80 bits per heavy atom. The molecule has 5 rings (SSSR count). The maximum absolute atomic E-state index is 13.5. The van der Waals surface area contributed by atoms with Crippen LogP contribution in [0.3, 0.4) is 0 Å². The minimum absolute atomic E-state index is 0.0382. The molecule has 0 radical (unpaired) electrons. The Balaban J connectivity index is 0.000000670. The van der Waals surface area contributed by atoms with Crippen LogP contribution in [-0.4, -0.2) is 56.5 Å². The molecule has 2 unspecified atom stereocenters. The van der Waals surface area contributed by atoms with Crippen LogP contribution >= 0.6 is 0 Å². The van der Waals surface area contributed by atoms with Crippen LogP contribution in [0.25, 0.3) is 5.65 Å². The van der Waals surface area contributed by atoms with Gasteiger partial charge in [-0.1, -0.05) is 64.7 Å². The van der Waals surface area contributed by atoms with E-state index < -0.39 is 27.8 Å². The first-order chi connectivity index (χ1) is 21.0. The summed E-state index contributed by atoms with van der Waals surface area (Å²) < 4.78 is 35.8. The molecule has 1 aromatic carbocycles. The Bertz CT molecular complexity index is 1720. The van der Waals surface area contributed by atoms with Crippen molar-refractivity contribution in [1.29, 1.82) is 0 Å². The topological polar surface area (TPSA) is 127 Å². The lowest BCUT2D eigenvalue weighted by atomic mass is 9.79. The molecule has 2 atom stereocenters. The predicted molar refractivity (Wildman–Crippen MR) is 169 cm³/mol. The maximum Gasteiger partial charge on any atom is 0.307 e. The van der Waals surface area contributed by atoms with Crippen molar-refractivity contribution in [3.8, 4) is 5.88 Å². The molecule has 1 aliphatic rings. The normalized spacial score (nSPS) is 15.8. The lowest BCUT2D eigenvalue weighted by Crippen LogP contribution is -2.32. The summed E-state index contributed by atoms with van der Waals surface area (Å²) in [7, 11) is -3.84. The van der Waals surface area contributed by atoms with Gasteiger partial charge in [-0.25, -0.2) is 13.4 Å². The Kier molecular flexibility index (Phi) is 10.7. The molecule has 4 aromatic rings. The van der Waals surface area contributed by atoms with Gasteiger partial charge in [0.15, 0.2) is 5.65 Å². The van der Waals surface area contributed by atoms with Crippen molar-refractivity contribution in [2.75, 3.05) is 13.2 Å². The van der Waals surface area contributed by atoms with Gasteiger partial charge in [0.1, 0.15) is 17.3 Å². The van der Waals surface area contributed by atoms with Crippen LogP contribution in [0.4, 0.5) is 0 Å². The highest BCUT2D eigenvalue weighted by atomic mass is 32.2. The van der Waals surface area contributed by atoms with E-state index in [1.807, 2.05) is 55.6 Å². The highest BCUT2D eigenvalue weighted by Gasteiger charge is 2.33. The average Bonchev–Trinajstić information content (AvgIpc) is 3.33. The summed E-state index contributed by atoms with van der Waals surface area (Å²) in [5.74, 6) is -1.31. The molecular formula is C33H43N5O5S. The second kappa shape index (κ2) is 14.3. The molecule has 3 aromatic heterocycles. The van der Waals surface area contributed by atoms with E-state index in [0.717, 1.165) is 33.6 Å². The third kappa shape index (κ3) is 6.94. The first kappa shape index (κ1) is 33.1. The number of aromatic nitrogens is 4. The molecule has 0 saturated heterocycles. The van der Waals surface area contributed by atoms with Crippen molar-refractivity contribution >= 4 is 21.6 Å². The summed E-state index contributed by atoms with van der Waals surface area (Å²) in [6.45, 7) is 12.3. The van der Waals surface area contributed by atoms with Crippen LogP contribution in [0.1, 0.15) is 86.0 Å². The van der Waals surface area contributed by atoms with E-state index in [9.17, 15) is 18.3 Å². The number of rotatable bonds is 9. The van der Waals surface area contributed by atoms with Gasteiger partial charge in [-0.15, -0.1) is 10.2 Å². The summed E-state index contributed by atoms with van der Waals surface area (Å²) in [5.41, 5.74) is 4.85. The molecule has 11 heteroatoms. The van der Waals surface area contributed by atoms with Crippen LogP contribution < -0.4 is 4.74 Å². The molecule has 236 valence electrons. The quantitative estimate of drug-likeness (QED) is 0.223. The maximum atomic E-state index is 13.5. The number of pyridine rings is 2. The van der Waals surface area contributed by atoms with Gasteiger partial charge >= 0.3 is 5.97 Å². The van der Waals surface area contributed by atoms with E-state index in [4.69, 9.17) is 4.74 Å². The smallest absolute Gasteiger partial charge is 0.307 e. The van der Waals surface area contributed by atoms with Gasteiger partial charge in [0.05, 0.1) is 5.92 Å². The molecule has 1 aliphatic heterocycles. The first-order valence-electron chi connectivity index (χ1n) is 15.2. The van der Waals surface area contributed by atoms with Crippen molar-refractivity contribution in [2.24, 2.45) is 5.92 Å². The van der Waals surface area contributed by atoms with E-state index >= 15 is 0 Å². The van der Waals surface area contributed by atoms with Crippen molar-refractivity contribution < 1.29 is 23.1 Å². The SMILES string of the molecule is CCCCCC.Cc1ccc(C(c2ccn3c(C)nnc3c2C)C(C)C(=O)O)cc1CN1CCOc2ncccc2S1(=O)=O. The number of carboxylic acids is 1.